The van der Waals surface area contributed by atoms with Gasteiger partial charge >= 0.3 is 6.18 Å². The van der Waals surface area contributed by atoms with E-state index >= 15 is 0 Å². The van der Waals surface area contributed by atoms with Crippen molar-refractivity contribution in [1.29, 1.82) is 0 Å². The molecule has 3 aromatic rings. The molecule has 0 atom stereocenters. The van der Waals surface area contributed by atoms with Gasteiger partial charge in [-0.1, -0.05) is 42.5 Å². The number of nitrogens with one attached hydrogen (secondary N) is 1. The molecule has 0 radical (unpaired) electrons. The topological polar surface area (TPSA) is 55.8 Å². The SMILES string of the molecule is CN(C)c1ccc(/C=C/C(=O)/C(CNc2cccc(C(F)(F)F)c2)=C(O)/C=C/c2ccc(N(C)C)cc2)cc1. The Hall–Kier alpha value is -4.46. The number of allylic oxidation sites excluding steroid dienone is 2. The van der Waals surface area contributed by atoms with E-state index in [1.165, 1.54) is 24.3 Å². The molecule has 3 rings (SSSR count). The lowest BCUT2D eigenvalue weighted by molar-refractivity contribution is -0.137. The molecule has 0 bridgehead atoms. The molecule has 0 aliphatic rings. The van der Waals surface area contributed by atoms with Crippen molar-refractivity contribution in [3.63, 3.8) is 0 Å². The Labute approximate surface area is 227 Å². The minimum atomic E-state index is -4.50. The Kier molecular flexibility index (Phi) is 9.60. The number of halogens is 3. The van der Waals surface area contributed by atoms with Gasteiger partial charge in [-0.3, -0.25) is 4.79 Å². The maximum atomic E-state index is 13.1. The number of hydrogen-bond donors (Lipinski definition) is 2. The predicted octanol–water partition coefficient (Wildman–Crippen LogP) is 7.06. The molecule has 0 aromatic heterocycles. The lowest BCUT2D eigenvalue weighted by Crippen LogP contribution is -2.14. The first-order valence-electron chi connectivity index (χ1n) is 12.2. The molecule has 0 saturated carbocycles. The Balaban J connectivity index is 1.86. The molecule has 0 heterocycles. The van der Waals surface area contributed by atoms with E-state index in [2.05, 4.69) is 5.32 Å². The van der Waals surface area contributed by atoms with Crippen LogP contribution in [0.1, 0.15) is 16.7 Å². The number of nitrogens with zero attached hydrogens (tertiary/aromatic N) is 2. The number of anilines is 3. The van der Waals surface area contributed by atoms with Gasteiger partial charge in [0.2, 0.25) is 0 Å². The van der Waals surface area contributed by atoms with Crippen LogP contribution in [0.25, 0.3) is 12.2 Å². The first-order valence-corrected chi connectivity index (χ1v) is 12.2. The molecule has 0 aliphatic heterocycles. The lowest BCUT2D eigenvalue weighted by Gasteiger charge is -2.13. The standard InChI is InChI=1S/C31H32F3N3O2/c1-36(2)26-14-8-22(9-15-26)12-18-29(38)28(21-35-25-7-5-6-24(20-25)31(32,33)34)30(39)19-13-23-10-16-27(17-11-23)37(3)4/h5-20,35,38H,21H2,1-4H3/b18-12+,19-13+,29-28-. The fourth-order valence-electron chi connectivity index (χ4n) is 3.62. The van der Waals surface area contributed by atoms with Crippen molar-refractivity contribution >= 4 is 35.0 Å². The number of ketones is 1. The first kappa shape index (κ1) is 29.1. The maximum Gasteiger partial charge on any atom is 0.416 e. The summed E-state index contributed by atoms with van der Waals surface area (Å²) >= 11 is 0. The number of hydrogen-bond acceptors (Lipinski definition) is 5. The fraction of sp³-hybridized carbons (Fsp3) is 0.194. The van der Waals surface area contributed by atoms with Crippen LogP contribution in [-0.4, -0.2) is 45.6 Å². The molecule has 3 aromatic carbocycles. The number of carbonyl (C=O) groups is 1. The molecule has 8 heteroatoms. The van der Waals surface area contributed by atoms with E-state index in [1.807, 2.05) is 86.5 Å². The third-order valence-electron chi connectivity index (χ3n) is 5.95. The third kappa shape index (κ3) is 8.53. The van der Waals surface area contributed by atoms with Crippen LogP contribution in [0.4, 0.5) is 30.2 Å². The summed E-state index contributed by atoms with van der Waals surface area (Å²) in [6, 6.07) is 19.8. The molecular weight excluding hydrogens is 503 g/mol. The molecule has 0 saturated heterocycles. The minimum absolute atomic E-state index is 0.00901. The predicted molar refractivity (Wildman–Crippen MR) is 154 cm³/mol. The highest BCUT2D eigenvalue weighted by Gasteiger charge is 2.30. The van der Waals surface area contributed by atoms with Crippen LogP contribution in [0.3, 0.4) is 0 Å². The number of benzene rings is 3. The fourth-order valence-corrected chi connectivity index (χ4v) is 3.62. The monoisotopic (exact) mass is 535 g/mol. The van der Waals surface area contributed by atoms with Gasteiger partial charge in [-0.15, -0.1) is 0 Å². The molecule has 5 nitrogen and oxygen atoms in total. The number of rotatable bonds is 10. The van der Waals surface area contributed by atoms with Crippen molar-refractivity contribution in [1.82, 2.24) is 0 Å². The van der Waals surface area contributed by atoms with Gasteiger partial charge in [0.25, 0.3) is 0 Å². The summed E-state index contributed by atoms with van der Waals surface area (Å²) in [7, 11) is 7.71. The zero-order valence-corrected chi connectivity index (χ0v) is 22.3. The number of carbonyl (C=O) groups excluding carboxylic acids is 1. The van der Waals surface area contributed by atoms with Crippen LogP contribution < -0.4 is 15.1 Å². The maximum absolute atomic E-state index is 13.1. The van der Waals surface area contributed by atoms with Crippen molar-refractivity contribution < 1.29 is 23.1 Å². The van der Waals surface area contributed by atoms with Crippen LogP contribution >= 0.6 is 0 Å². The molecule has 0 unspecified atom stereocenters. The average molecular weight is 536 g/mol. The smallest absolute Gasteiger partial charge is 0.416 e. The van der Waals surface area contributed by atoms with E-state index in [0.29, 0.717) is 0 Å². The van der Waals surface area contributed by atoms with E-state index in [1.54, 1.807) is 12.2 Å². The van der Waals surface area contributed by atoms with Gasteiger partial charge in [0.15, 0.2) is 5.78 Å². The zero-order valence-electron chi connectivity index (χ0n) is 22.3. The van der Waals surface area contributed by atoms with Gasteiger partial charge in [-0.25, -0.2) is 0 Å². The Bertz CT molecular complexity index is 1360. The van der Waals surface area contributed by atoms with Crippen LogP contribution in [0, 0.1) is 0 Å². The number of aliphatic hydroxyl groups excluding tert-OH is 1. The average Bonchev–Trinajstić information content (AvgIpc) is 2.91. The molecule has 2 N–H and O–H groups in total. The quantitative estimate of drug-likeness (QED) is 0.165. The summed E-state index contributed by atoms with van der Waals surface area (Å²) < 4.78 is 39.4. The van der Waals surface area contributed by atoms with Crippen molar-refractivity contribution in [2.75, 3.05) is 49.9 Å². The molecule has 39 heavy (non-hydrogen) atoms. The largest absolute Gasteiger partial charge is 0.507 e. The van der Waals surface area contributed by atoms with Crippen molar-refractivity contribution in [3.8, 4) is 0 Å². The molecule has 0 spiro atoms. The van der Waals surface area contributed by atoms with E-state index in [0.717, 1.165) is 34.6 Å². The Morgan fingerprint density at radius 1 is 0.821 bits per heavy atom. The lowest BCUT2D eigenvalue weighted by atomic mass is 10.1. The Morgan fingerprint density at radius 3 is 1.82 bits per heavy atom. The van der Waals surface area contributed by atoms with Crippen molar-refractivity contribution in [3.05, 3.63) is 113 Å². The summed E-state index contributed by atoms with van der Waals surface area (Å²) in [4.78, 5) is 17.1. The van der Waals surface area contributed by atoms with Gasteiger partial charge in [0, 0.05) is 51.8 Å². The second-order valence-corrected chi connectivity index (χ2v) is 9.30. The summed E-state index contributed by atoms with van der Waals surface area (Å²) in [5.41, 5.74) is 2.99. The Morgan fingerprint density at radius 2 is 1.33 bits per heavy atom. The summed E-state index contributed by atoms with van der Waals surface area (Å²) in [5, 5.41) is 13.7. The van der Waals surface area contributed by atoms with E-state index < -0.39 is 17.5 Å². The normalized spacial score (nSPS) is 12.5. The van der Waals surface area contributed by atoms with Crippen molar-refractivity contribution in [2.45, 2.75) is 6.18 Å². The van der Waals surface area contributed by atoms with E-state index in [-0.39, 0.29) is 23.6 Å². The van der Waals surface area contributed by atoms with Crippen LogP contribution in [0.5, 0.6) is 0 Å². The van der Waals surface area contributed by atoms with Crippen molar-refractivity contribution in [2.24, 2.45) is 0 Å². The molecule has 204 valence electrons. The van der Waals surface area contributed by atoms with Gasteiger partial charge < -0.3 is 20.2 Å². The number of aliphatic hydroxyl groups is 1. The van der Waals surface area contributed by atoms with Gasteiger partial charge in [-0.2, -0.15) is 13.2 Å². The van der Waals surface area contributed by atoms with Crippen LogP contribution in [0.2, 0.25) is 0 Å². The van der Waals surface area contributed by atoms with Crippen LogP contribution in [0.15, 0.2) is 96.3 Å². The second kappa shape index (κ2) is 12.9. The molecular formula is C31H32F3N3O2. The van der Waals surface area contributed by atoms with Gasteiger partial charge in [-0.05, 0) is 65.7 Å². The first-order chi connectivity index (χ1) is 18.4. The second-order valence-electron chi connectivity index (χ2n) is 9.30. The minimum Gasteiger partial charge on any atom is -0.507 e. The highest BCUT2D eigenvalue weighted by molar-refractivity contribution is 6.07. The zero-order chi connectivity index (χ0) is 28.6. The van der Waals surface area contributed by atoms with E-state index in [4.69, 9.17) is 0 Å². The highest BCUT2D eigenvalue weighted by Crippen LogP contribution is 2.30. The molecule has 0 amide bonds. The molecule has 0 fully saturated rings. The van der Waals surface area contributed by atoms with Crippen LogP contribution in [-0.2, 0) is 11.0 Å². The highest BCUT2D eigenvalue weighted by atomic mass is 19.4. The van der Waals surface area contributed by atoms with Gasteiger partial charge in [0.1, 0.15) is 5.76 Å². The van der Waals surface area contributed by atoms with Gasteiger partial charge in [0.05, 0.1) is 11.1 Å². The van der Waals surface area contributed by atoms with E-state index in [9.17, 15) is 23.1 Å². The summed E-state index contributed by atoms with van der Waals surface area (Å²) in [6.07, 6.45) is 1.54. The summed E-state index contributed by atoms with van der Waals surface area (Å²) in [6.45, 7) is -0.181. The third-order valence-corrected chi connectivity index (χ3v) is 5.95. The summed E-state index contributed by atoms with van der Waals surface area (Å²) in [5.74, 6) is -0.764. The molecule has 0 aliphatic carbocycles. The number of alkyl halides is 3.